The van der Waals surface area contributed by atoms with Gasteiger partial charge < -0.3 is 4.74 Å². The van der Waals surface area contributed by atoms with Gasteiger partial charge >= 0.3 is 0 Å². The van der Waals surface area contributed by atoms with Gasteiger partial charge in [0.1, 0.15) is 5.75 Å². The molecule has 0 unspecified atom stereocenters. The van der Waals surface area contributed by atoms with E-state index in [1.54, 1.807) is 23.4 Å². The zero-order valence-electron chi connectivity index (χ0n) is 14.2. The molecule has 0 aliphatic carbocycles. The lowest BCUT2D eigenvalue weighted by Crippen LogP contribution is -2.22. The Morgan fingerprint density at radius 2 is 1.92 bits per heavy atom. The van der Waals surface area contributed by atoms with E-state index in [2.05, 4.69) is 13.8 Å². The Bertz CT molecular complexity index is 948. The van der Waals surface area contributed by atoms with Crippen molar-refractivity contribution in [2.45, 2.75) is 31.2 Å². The number of methoxy groups -OCH3 is 1. The summed E-state index contributed by atoms with van der Waals surface area (Å²) in [5.41, 5.74) is 2.43. The molecule has 0 bridgehead atoms. The molecule has 1 aromatic heterocycles. The zero-order valence-corrected chi connectivity index (χ0v) is 15.1. The topological polar surface area (TPSA) is 44.1 Å². The molecule has 0 aliphatic heterocycles. The standard InChI is InChI=1S/C19H20N2O2S/c1-12(2)24-19-20-15-8-6-5-7-14(15)18(22)21(19)16-11-13(3)9-10-17(16)23-4/h5-12H,1-4H3. The van der Waals surface area contributed by atoms with E-state index < -0.39 is 0 Å². The van der Waals surface area contributed by atoms with Crippen LogP contribution in [0.4, 0.5) is 0 Å². The molecular formula is C19H20N2O2S. The summed E-state index contributed by atoms with van der Waals surface area (Å²) in [5, 5.41) is 1.59. The smallest absolute Gasteiger partial charge is 0.266 e. The second kappa shape index (κ2) is 6.69. The molecule has 0 radical (unpaired) electrons. The van der Waals surface area contributed by atoms with Crippen LogP contribution >= 0.6 is 11.8 Å². The van der Waals surface area contributed by atoms with E-state index in [-0.39, 0.29) is 5.56 Å². The van der Waals surface area contributed by atoms with Crippen molar-refractivity contribution in [1.29, 1.82) is 0 Å². The summed E-state index contributed by atoms with van der Waals surface area (Å²) in [6.45, 7) is 6.17. The largest absolute Gasteiger partial charge is 0.495 e. The highest BCUT2D eigenvalue weighted by atomic mass is 32.2. The number of hydrogen-bond acceptors (Lipinski definition) is 4. The zero-order chi connectivity index (χ0) is 17.3. The summed E-state index contributed by atoms with van der Waals surface area (Å²) in [7, 11) is 1.61. The normalized spacial score (nSPS) is 11.2. The number of ether oxygens (including phenoxy) is 1. The fourth-order valence-electron chi connectivity index (χ4n) is 2.59. The molecule has 124 valence electrons. The molecule has 0 N–H and O–H groups in total. The Balaban J connectivity index is 2.39. The predicted molar refractivity (Wildman–Crippen MR) is 99.6 cm³/mol. The van der Waals surface area contributed by atoms with Crippen LogP contribution in [0.2, 0.25) is 0 Å². The molecule has 1 heterocycles. The summed E-state index contributed by atoms with van der Waals surface area (Å²) in [6, 6.07) is 13.3. The van der Waals surface area contributed by atoms with Gasteiger partial charge in [0.2, 0.25) is 0 Å². The van der Waals surface area contributed by atoms with Crippen LogP contribution in [-0.2, 0) is 0 Å². The SMILES string of the molecule is COc1ccc(C)cc1-n1c(SC(C)C)nc2ccccc2c1=O. The third-order valence-electron chi connectivity index (χ3n) is 3.66. The second-order valence-corrected chi connectivity index (χ2v) is 7.44. The van der Waals surface area contributed by atoms with Crippen molar-refractivity contribution in [2.24, 2.45) is 0 Å². The number of fused-ring (bicyclic) bond motifs is 1. The molecular weight excluding hydrogens is 320 g/mol. The van der Waals surface area contributed by atoms with E-state index >= 15 is 0 Å². The minimum atomic E-state index is -0.0762. The van der Waals surface area contributed by atoms with Crippen molar-refractivity contribution in [2.75, 3.05) is 7.11 Å². The van der Waals surface area contributed by atoms with E-state index in [0.29, 0.717) is 27.1 Å². The highest BCUT2D eigenvalue weighted by Gasteiger charge is 2.17. The number of para-hydroxylation sites is 1. The fourth-order valence-corrected chi connectivity index (χ4v) is 3.45. The Labute approximate surface area is 145 Å². The van der Waals surface area contributed by atoms with Gasteiger partial charge in [-0.05, 0) is 36.8 Å². The van der Waals surface area contributed by atoms with Crippen LogP contribution in [0.1, 0.15) is 19.4 Å². The van der Waals surface area contributed by atoms with Crippen molar-refractivity contribution in [3.05, 3.63) is 58.4 Å². The fraction of sp³-hybridized carbons (Fsp3) is 0.263. The molecule has 24 heavy (non-hydrogen) atoms. The first kappa shape index (κ1) is 16.6. The van der Waals surface area contributed by atoms with Gasteiger partial charge in [-0.3, -0.25) is 9.36 Å². The van der Waals surface area contributed by atoms with Gasteiger partial charge in [0.15, 0.2) is 5.16 Å². The van der Waals surface area contributed by atoms with Gasteiger partial charge in [-0.15, -0.1) is 0 Å². The molecule has 0 aliphatic rings. The highest BCUT2D eigenvalue weighted by molar-refractivity contribution is 7.99. The van der Waals surface area contributed by atoms with E-state index in [0.717, 1.165) is 11.3 Å². The summed E-state index contributed by atoms with van der Waals surface area (Å²) in [4.78, 5) is 17.9. The molecule has 0 fully saturated rings. The summed E-state index contributed by atoms with van der Waals surface area (Å²) >= 11 is 1.57. The van der Waals surface area contributed by atoms with Crippen LogP contribution in [0, 0.1) is 6.92 Å². The van der Waals surface area contributed by atoms with Gasteiger partial charge in [0, 0.05) is 5.25 Å². The van der Waals surface area contributed by atoms with E-state index in [1.165, 1.54) is 0 Å². The first-order valence-electron chi connectivity index (χ1n) is 7.84. The molecule has 0 atom stereocenters. The Morgan fingerprint density at radius 1 is 1.17 bits per heavy atom. The van der Waals surface area contributed by atoms with Crippen LogP contribution in [0.3, 0.4) is 0 Å². The third-order valence-corrected chi connectivity index (χ3v) is 4.62. The maximum absolute atomic E-state index is 13.2. The first-order chi connectivity index (χ1) is 11.5. The van der Waals surface area contributed by atoms with Gasteiger partial charge in [-0.2, -0.15) is 0 Å². The summed E-state index contributed by atoms with van der Waals surface area (Å²) < 4.78 is 7.15. The van der Waals surface area contributed by atoms with Crippen molar-refractivity contribution < 1.29 is 4.74 Å². The average Bonchev–Trinajstić information content (AvgIpc) is 2.54. The second-order valence-electron chi connectivity index (χ2n) is 5.89. The van der Waals surface area contributed by atoms with E-state index in [4.69, 9.17) is 9.72 Å². The van der Waals surface area contributed by atoms with Crippen LogP contribution in [-0.4, -0.2) is 21.9 Å². The number of aryl methyl sites for hydroxylation is 1. The third kappa shape index (κ3) is 3.04. The lowest BCUT2D eigenvalue weighted by Gasteiger charge is -2.17. The van der Waals surface area contributed by atoms with Crippen LogP contribution in [0.25, 0.3) is 16.6 Å². The van der Waals surface area contributed by atoms with Crippen molar-refractivity contribution in [3.63, 3.8) is 0 Å². The molecule has 2 aromatic carbocycles. The molecule has 0 spiro atoms. The minimum Gasteiger partial charge on any atom is -0.495 e. The molecule has 3 rings (SSSR count). The maximum atomic E-state index is 13.2. The molecule has 4 nitrogen and oxygen atoms in total. The Hall–Kier alpha value is -2.27. The number of benzene rings is 2. The molecule has 5 heteroatoms. The Kier molecular flexibility index (Phi) is 4.62. The van der Waals surface area contributed by atoms with Crippen LogP contribution < -0.4 is 10.3 Å². The molecule has 3 aromatic rings. The number of thioether (sulfide) groups is 1. The minimum absolute atomic E-state index is 0.0762. The number of aromatic nitrogens is 2. The maximum Gasteiger partial charge on any atom is 0.266 e. The van der Waals surface area contributed by atoms with E-state index in [9.17, 15) is 4.79 Å². The molecule has 0 saturated heterocycles. The quantitative estimate of drug-likeness (QED) is 0.527. The molecule has 0 amide bonds. The predicted octanol–water partition coefficient (Wildman–Crippen LogP) is 4.20. The van der Waals surface area contributed by atoms with Gasteiger partial charge in [0.05, 0.1) is 23.7 Å². The van der Waals surface area contributed by atoms with Crippen molar-refractivity contribution >= 4 is 22.7 Å². The van der Waals surface area contributed by atoms with E-state index in [1.807, 2.05) is 49.4 Å². The number of nitrogens with zero attached hydrogens (tertiary/aromatic N) is 2. The summed E-state index contributed by atoms with van der Waals surface area (Å²) in [5.74, 6) is 0.658. The monoisotopic (exact) mass is 340 g/mol. The van der Waals surface area contributed by atoms with Crippen molar-refractivity contribution in [3.8, 4) is 11.4 Å². The van der Waals surface area contributed by atoms with Crippen molar-refractivity contribution in [1.82, 2.24) is 9.55 Å². The van der Waals surface area contributed by atoms with Gasteiger partial charge in [-0.1, -0.05) is 43.8 Å². The highest BCUT2D eigenvalue weighted by Crippen LogP contribution is 2.29. The van der Waals surface area contributed by atoms with Gasteiger partial charge in [0.25, 0.3) is 5.56 Å². The number of rotatable bonds is 4. The van der Waals surface area contributed by atoms with Crippen LogP contribution in [0.15, 0.2) is 52.4 Å². The van der Waals surface area contributed by atoms with Crippen LogP contribution in [0.5, 0.6) is 5.75 Å². The average molecular weight is 340 g/mol. The molecule has 0 saturated carbocycles. The lowest BCUT2D eigenvalue weighted by molar-refractivity contribution is 0.411. The van der Waals surface area contributed by atoms with Gasteiger partial charge in [-0.25, -0.2) is 4.98 Å². The first-order valence-corrected chi connectivity index (χ1v) is 8.72. The Morgan fingerprint density at radius 3 is 2.62 bits per heavy atom. The summed E-state index contributed by atoms with van der Waals surface area (Å²) in [6.07, 6.45) is 0. The lowest BCUT2D eigenvalue weighted by atomic mass is 10.2. The number of hydrogen-bond donors (Lipinski definition) is 0.